The number of carbonyl (C=O) groups is 2. The maximum Gasteiger partial charge on any atom is 0.227 e. The molecule has 0 bridgehead atoms. The number of nitrogens with one attached hydrogen (secondary N) is 3. The zero-order valence-electron chi connectivity index (χ0n) is 24.5. The van der Waals surface area contributed by atoms with Crippen molar-refractivity contribution in [3.63, 3.8) is 0 Å². The van der Waals surface area contributed by atoms with Gasteiger partial charge in [-0.1, -0.05) is 12.8 Å². The van der Waals surface area contributed by atoms with Crippen LogP contribution in [-0.4, -0.2) is 43.6 Å². The van der Waals surface area contributed by atoms with E-state index in [1.807, 2.05) is 0 Å². The molecule has 2 atom stereocenters. The Morgan fingerprint density at radius 2 is 1.40 bits per heavy atom. The Balaban J connectivity index is 1.56. The Bertz CT molecular complexity index is 1360. The number of carbonyl (C=O) groups excluding carboxylic acids is 2. The van der Waals surface area contributed by atoms with Crippen molar-refractivity contribution < 1.29 is 22.7 Å². The minimum absolute atomic E-state index is 0.00729. The van der Waals surface area contributed by atoms with Crippen molar-refractivity contribution in [2.45, 2.75) is 81.6 Å². The first-order chi connectivity index (χ1) is 20.4. The van der Waals surface area contributed by atoms with E-state index in [-0.39, 0.29) is 46.3 Å². The van der Waals surface area contributed by atoms with Crippen LogP contribution >= 0.6 is 0 Å². The van der Waals surface area contributed by atoms with Gasteiger partial charge in [-0.25, -0.2) is 8.42 Å². The maximum absolute atomic E-state index is 13.2. The Hall–Kier alpha value is -3.77. The molecule has 1 aliphatic rings. The van der Waals surface area contributed by atoms with Gasteiger partial charge in [-0.05, 0) is 93.0 Å². The number of amidine groups is 2. The Kier molecular flexibility index (Phi) is 12.7. The van der Waals surface area contributed by atoms with Crippen molar-refractivity contribution >= 4 is 38.9 Å². The molecule has 1 fully saturated rings. The lowest BCUT2D eigenvalue weighted by molar-refractivity contribution is -0.127. The van der Waals surface area contributed by atoms with E-state index in [1.54, 1.807) is 48.5 Å². The van der Waals surface area contributed by atoms with E-state index in [0.717, 1.165) is 12.8 Å². The summed E-state index contributed by atoms with van der Waals surface area (Å²) in [6.45, 7) is 0. The van der Waals surface area contributed by atoms with E-state index in [0.29, 0.717) is 68.6 Å². The predicted molar refractivity (Wildman–Crippen MR) is 168 cm³/mol. The average Bonchev–Trinajstić information content (AvgIpc) is 3.77. The molecule has 1 aliphatic carbocycles. The van der Waals surface area contributed by atoms with Crippen LogP contribution in [0.15, 0.2) is 53.4 Å². The molecule has 234 valence electrons. The number of sulfone groups is 1. The zero-order valence-corrected chi connectivity index (χ0v) is 25.3. The number of Topliss-reactive ketones (excluding diaryl/α,β-unsaturated/α-hetero) is 1. The van der Waals surface area contributed by atoms with Gasteiger partial charge >= 0.3 is 0 Å². The number of ketones is 1. The molecular formula is C31H44N6O5S. The quantitative estimate of drug-likeness (QED) is 0.0709. The number of benzene rings is 2. The van der Waals surface area contributed by atoms with E-state index in [4.69, 9.17) is 32.8 Å². The minimum Gasteiger partial charge on any atom is -0.457 e. The number of anilines is 1. The van der Waals surface area contributed by atoms with Gasteiger partial charge in [0.15, 0.2) is 9.84 Å². The van der Waals surface area contributed by atoms with Gasteiger partial charge in [0.2, 0.25) is 5.91 Å². The first kappa shape index (κ1) is 33.7. The summed E-state index contributed by atoms with van der Waals surface area (Å²) >= 11 is 0. The Morgan fingerprint density at radius 1 is 0.860 bits per heavy atom. The molecule has 0 radical (unpaired) electrons. The van der Waals surface area contributed by atoms with E-state index >= 15 is 0 Å². The summed E-state index contributed by atoms with van der Waals surface area (Å²) in [6, 6.07) is 12.4. The first-order valence-corrected chi connectivity index (χ1v) is 16.4. The summed E-state index contributed by atoms with van der Waals surface area (Å²) in [6.07, 6.45) is 6.37. The Morgan fingerprint density at radius 3 is 1.93 bits per heavy atom. The van der Waals surface area contributed by atoms with Crippen molar-refractivity contribution in [2.75, 3.05) is 11.1 Å². The lowest BCUT2D eigenvalue weighted by Gasteiger charge is -2.19. The van der Waals surface area contributed by atoms with E-state index < -0.39 is 21.8 Å². The molecule has 1 saturated carbocycles. The van der Waals surface area contributed by atoms with Gasteiger partial charge in [0.25, 0.3) is 0 Å². The molecule has 1 amide bonds. The third-order valence-electron chi connectivity index (χ3n) is 7.38. The van der Waals surface area contributed by atoms with Crippen LogP contribution in [0.2, 0.25) is 0 Å². The summed E-state index contributed by atoms with van der Waals surface area (Å²) in [5, 5.41) is 17.6. The molecular weight excluding hydrogens is 568 g/mol. The number of amides is 1. The molecule has 3 rings (SSSR count). The molecule has 43 heavy (non-hydrogen) atoms. The van der Waals surface area contributed by atoms with E-state index in [1.165, 1.54) is 0 Å². The molecule has 0 spiro atoms. The van der Waals surface area contributed by atoms with Gasteiger partial charge < -0.3 is 27.3 Å². The SMILES string of the molecule is N=C(N)CCCCC(N)C(=O)CC(CCCCC(=N)N)C(=O)Nc1ccc(Oc2ccc(S(=O)(=O)CC3CC3)cc2)cc1. The van der Waals surface area contributed by atoms with Crippen LogP contribution in [0.1, 0.15) is 70.6 Å². The normalized spacial score (nSPS) is 14.4. The van der Waals surface area contributed by atoms with Crippen molar-refractivity contribution in [3.05, 3.63) is 48.5 Å². The van der Waals surface area contributed by atoms with Gasteiger partial charge in [-0.15, -0.1) is 0 Å². The molecule has 0 heterocycles. The molecule has 0 aromatic heterocycles. The van der Waals surface area contributed by atoms with E-state index in [2.05, 4.69) is 5.32 Å². The molecule has 12 heteroatoms. The number of hydrogen-bond donors (Lipinski definition) is 6. The molecule has 2 aromatic rings. The fourth-order valence-corrected chi connectivity index (χ4v) is 6.36. The highest BCUT2D eigenvalue weighted by molar-refractivity contribution is 7.91. The summed E-state index contributed by atoms with van der Waals surface area (Å²) in [5.74, 6) is 0.572. The number of ether oxygens (including phenoxy) is 1. The highest BCUT2D eigenvalue weighted by Crippen LogP contribution is 2.33. The molecule has 2 aromatic carbocycles. The van der Waals surface area contributed by atoms with Crippen LogP contribution < -0.4 is 27.3 Å². The standard InChI is InChI=1S/C31H44N6O5S/c32-27(6-2-4-8-30(35)36)28(38)19-22(5-1-3-7-29(33)34)31(39)37-23-11-13-24(14-12-23)42-25-15-17-26(18-16-25)43(40,41)20-21-9-10-21/h11-18,21-22,27H,1-10,19-20,32H2,(H3,33,34)(H3,35,36)(H,37,39). The van der Waals surface area contributed by atoms with Crippen molar-refractivity contribution in [1.29, 1.82) is 10.8 Å². The largest absolute Gasteiger partial charge is 0.457 e. The van der Waals surface area contributed by atoms with Gasteiger partial charge in [0.05, 0.1) is 28.4 Å². The average molecular weight is 613 g/mol. The number of unbranched alkanes of at least 4 members (excludes halogenated alkanes) is 2. The fraction of sp³-hybridized carbons (Fsp3) is 0.484. The van der Waals surface area contributed by atoms with Crippen LogP contribution in [0.4, 0.5) is 5.69 Å². The minimum atomic E-state index is -3.29. The van der Waals surface area contributed by atoms with Gasteiger partial charge in [0, 0.05) is 30.9 Å². The van der Waals surface area contributed by atoms with Crippen LogP contribution in [-0.2, 0) is 19.4 Å². The highest BCUT2D eigenvalue weighted by atomic mass is 32.2. The van der Waals surface area contributed by atoms with Gasteiger partial charge in [0.1, 0.15) is 17.3 Å². The molecule has 9 N–H and O–H groups in total. The van der Waals surface area contributed by atoms with Crippen molar-refractivity contribution in [1.82, 2.24) is 0 Å². The maximum atomic E-state index is 13.2. The van der Waals surface area contributed by atoms with Gasteiger partial charge in [-0.3, -0.25) is 20.4 Å². The number of hydrogen-bond acceptors (Lipinski definition) is 8. The smallest absolute Gasteiger partial charge is 0.227 e. The fourth-order valence-electron chi connectivity index (χ4n) is 4.66. The molecule has 0 aliphatic heterocycles. The summed E-state index contributed by atoms with van der Waals surface area (Å²) < 4.78 is 30.8. The number of rotatable bonds is 20. The first-order valence-electron chi connectivity index (χ1n) is 14.8. The molecule has 0 saturated heterocycles. The van der Waals surface area contributed by atoms with Crippen LogP contribution in [0, 0.1) is 22.7 Å². The second-order valence-corrected chi connectivity index (χ2v) is 13.4. The monoisotopic (exact) mass is 612 g/mol. The third-order valence-corrected chi connectivity index (χ3v) is 9.28. The Labute approximate surface area is 253 Å². The molecule has 11 nitrogen and oxygen atoms in total. The summed E-state index contributed by atoms with van der Waals surface area (Å²) in [4.78, 5) is 26.3. The summed E-state index contributed by atoms with van der Waals surface area (Å²) in [7, 11) is -3.29. The van der Waals surface area contributed by atoms with Crippen molar-refractivity contribution in [3.8, 4) is 11.5 Å². The van der Waals surface area contributed by atoms with E-state index in [9.17, 15) is 18.0 Å². The lowest BCUT2D eigenvalue weighted by Crippen LogP contribution is -2.34. The van der Waals surface area contributed by atoms with Crippen molar-refractivity contribution in [2.24, 2.45) is 29.0 Å². The predicted octanol–water partition coefficient (Wildman–Crippen LogP) is 4.50. The second-order valence-electron chi connectivity index (χ2n) is 11.3. The second kappa shape index (κ2) is 16.2. The third kappa shape index (κ3) is 12.2. The topological polar surface area (TPSA) is 215 Å². The van der Waals surface area contributed by atoms with Gasteiger partial charge in [-0.2, -0.15) is 0 Å². The molecule has 2 unspecified atom stereocenters. The summed E-state index contributed by atoms with van der Waals surface area (Å²) in [5.41, 5.74) is 17.5. The van der Waals surface area contributed by atoms with Crippen LogP contribution in [0.5, 0.6) is 11.5 Å². The lowest BCUT2D eigenvalue weighted by atomic mass is 9.91. The highest BCUT2D eigenvalue weighted by Gasteiger charge is 2.29. The van der Waals surface area contributed by atoms with Crippen LogP contribution in [0.3, 0.4) is 0 Å². The van der Waals surface area contributed by atoms with Crippen LogP contribution in [0.25, 0.3) is 0 Å². The zero-order chi connectivity index (χ0) is 31.4. The number of nitrogens with two attached hydrogens (primary N) is 3.